The number of ether oxygens (including phenoxy) is 2. The van der Waals surface area contributed by atoms with Crippen LogP contribution >= 0.6 is 0 Å². The number of carbonyl (C=O) groups excluding carboxylic acids is 1. The van der Waals surface area contributed by atoms with Crippen LogP contribution in [-0.4, -0.2) is 24.1 Å². The molecule has 0 bridgehead atoms. The molecule has 1 aromatic carbocycles. The standard InChI is InChI=1S/C16H20O4/c1-10-14(18)5-4-6-15(10)20-16-8-7-12(19-3)9-13(16)11(2)17/h7-9,14,18H,4-6H2,1-3H3. The minimum absolute atomic E-state index is 0.0755. The van der Waals surface area contributed by atoms with E-state index in [2.05, 4.69) is 0 Å². The second-order valence-electron chi connectivity index (χ2n) is 5.03. The van der Waals surface area contributed by atoms with Crippen LogP contribution in [0.5, 0.6) is 11.5 Å². The normalized spacial score (nSPS) is 18.9. The van der Waals surface area contributed by atoms with E-state index in [0.717, 1.165) is 30.6 Å². The van der Waals surface area contributed by atoms with Gasteiger partial charge < -0.3 is 14.6 Å². The third-order valence-corrected chi connectivity index (χ3v) is 3.62. The number of Topliss-reactive ketones (excluding diaryl/α,β-unsaturated/α-hetero) is 1. The van der Waals surface area contributed by atoms with Gasteiger partial charge in [-0.25, -0.2) is 0 Å². The Bertz CT molecular complexity index is 545. The molecule has 1 unspecified atom stereocenters. The first-order valence-corrected chi connectivity index (χ1v) is 6.77. The van der Waals surface area contributed by atoms with E-state index >= 15 is 0 Å². The van der Waals surface area contributed by atoms with Crippen molar-refractivity contribution < 1.29 is 19.4 Å². The van der Waals surface area contributed by atoms with E-state index in [1.165, 1.54) is 6.92 Å². The van der Waals surface area contributed by atoms with Crippen molar-refractivity contribution in [3.05, 3.63) is 35.1 Å². The molecule has 0 spiro atoms. The number of aliphatic hydroxyl groups is 1. The van der Waals surface area contributed by atoms with Crippen molar-refractivity contribution in [2.24, 2.45) is 0 Å². The Morgan fingerprint density at radius 2 is 2.15 bits per heavy atom. The number of aliphatic hydroxyl groups excluding tert-OH is 1. The maximum Gasteiger partial charge on any atom is 0.163 e. The van der Waals surface area contributed by atoms with Gasteiger partial charge in [-0.15, -0.1) is 0 Å². The van der Waals surface area contributed by atoms with E-state index < -0.39 is 6.10 Å². The molecule has 0 fully saturated rings. The molecule has 1 aliphatic rings. The smallest absolute Gasteiger partial charge is 0.163 e. The first-order chi connectivity index (χ1) is 9.52. The molecule has 0 amide bonds. The summed E-state index contributed by atoms with van der Waals surface area (Å²) in [6.07, 6.45) is 1.99. The topological polar surface area (TPSA) is 55.8 Å². The van der Waals surface area contributed by atoms with Gasteiger partial charge in [-0.3, -0.25) is 4.79 Å². The highest BCUT2D eigenvalue weighted by atomic mass is 16.5. The molecule has 4 heteroatoms. The monoisotopic (exact) mass is 276 g/mol. The van der Waals surface area contributed by atoms with Crippen LogP contribution < -0.4 is 9.47 Å². The highest BCUT2D eigenvalue weighted by Gasteiger charge is 2.20. The molecular weight excluding hydrogens is 256 g/mol. The molecule has 4 nitrogen and oxygen atoms in total. The molecule has 108 valence electrons. The van der Waals surface area contributed by atoms with Crippen LogP contribution in [0.2, 0.25) is 0 Å². The lowest BCUT2D eigenvalue weighted by Gasteiger charge is -2.23. The minimum atomic E-state index is -0.447. The average Bonchev–Trinajstić information content (AvgIpc) is 2.44. The summed E-state index contributed by atoms with van der Waals surface area (Å²) in [4.78, 5) is 11.7. The Labute approximate surface area is 119 Å². The summed E-state index contributed by atoms with van der Waals surface area (Å²) in [6, 6.07) is 5.17. The summed E-state index contributed by atoms with van der Waals surface area (Å²) in [5.74, 6) is 1.82. The maximum absolute atomic E-state index is 11.7. The molecule has 1 aromatic rings. The SMILES string of the molecule is COc1ccc(OC2=C(C)C(O)CCC2)c(C(C)=O)c1. The summed E-state index contributed by atoms with van der Waals surface area (Å²) in [6.45, 7) is 3.37. The van der Waals surface area contributed by atoms with Crippen molar-refractivity contribution >= 4 is 5.78 Å². The van der Waals surface area contributed by atoms with Gasteiger partial charge in [0.25, 0.3) is 0 Å². The number of allylic oxidation sites excluding steroid dienone is 1. The van der Waals surface area contributed by atoms with E-state index in [0.29, 0.717) is 17.1 Å². The van der Waals surface area contributed by atoms with Crippen molar-refractivity contribution in [3.63, 3.8) is 0 Å². The highest BCUT2D eigenvalue weighted by Crippen LogP contribution is 2.31. The number of carbonyl (C=O) groups is 1. The van der Waals surface area contributed by atoms with Gasteiger partial charge in [0, 0.05) is 6.42 Å². The van der Waals surface area contributed by atoms with Crippen LogP contribution in [0.25, 0.3) is 0 Å². The van der Waals surface area contributed by atoms with Gasteiger partial charge in [0.05, 0.1) is 18.8 Å². The number of rotatable bonds is 4. The zero-order valence-corrected chi connectivity index (χ0v) is 12.1. The third kappa shape index (κ3) is 3.02. The molecule has 2 rings (SSSR count). The van der Waals surface area contributed by atoms with E-state index in [1.54, 1.807) is 25.3 Å². The van der Waals surface area contributed by atoms with Gasteiger partial charge in [-0.2, -0.15) is 0 Å². The summed E-state index contributed by atoms with van der Waals surface area (Å²) in [5.41, 5.74) is 1.34. The molecule has 20 heavy (non-hydrogen) atoms. The number of hydrogen-bond acceptors (Lipinski definition) is 4. The van der Waals surface area contributed by atoms with Gasteiger partial charge >= 0.3 is 0 Å². The third-order valence-electron chi connectivity index (χ3n) is 3.62. The van der Waals surface area contributed by atoms with Crippen LogP contribution in [0, 0.1) is 0 Å². The van der Waals surface area contributed by atoms with Gasteiger partial charge in [0.1, 0.15) is 17.3 Å². The fourth-order valence-electron chi connectivity index (χ4n) is 2.32. The largest absolute Gasteiger partial charge is 0.497 e. The Morgan fingerprint density at radius 1 is 1.40 bits per heavy atom. The van der Waals surface area contributed by atoms with E-state index in [1.807, 2.05) is 6.92 Å². The molecule has 1 atom stereocenters. The van der Waals surface area contributed by atoms with Crippen LogP contribution in [0.4, 0.5) is 0 Å². The first kappa shape index (κ1) is 14.6. The zero-order chi connectivity index (χ0) is 14.7. The molecule has 0 aromatic heterocycles. The summed E-state index contributed by atoms with van der Waals surface area (Å²) < 4.78 is 11.0. The zero-order valence-electron chi connectivity index (χ0n) is 12.1. The fourth-order valence-corrected chi connectivity index (χ4v) is 2.32. The Kier molecular flexibility index (Phi) is 4.45. The van der Waals surface area contributed by atoms with E-state index in [9.17, 15) is 9.90 Å². The Hall–Kier alpha value is -1.81. The van der Waals surface area contributed by atoms with Crippen molar-refractivity contribution in [1.29, 1.82) is 0 Å². The molecule has 0 heterocycles. The quantitative estimate of drug-likeness (QED) is 0.859. The van der Waals surface area contributed by atoms with Gasteiger partial charge in [-0.05, 0) is 50.5 Å². The molecule has 0 saturated heterocycles. The van der Waals surface area contributed by atoms with Crippen LogP contribution in [-0.2, 0) is 0 Å². The summed E-state index contributed by atoms with van der Waals surface area (Å²) in [5, 5.41) is 9.86. The predicted octanol–water partition coefficient (Wildman–Crippen LogP) is 3.10. The second kappa shape index (κ2) is 6.09. The summed E-state index contributed by atoms with van der Waals surface area (Å²) in [7, 11) is 1.56. The number of ketones is 1. The molecule has 1 aliphatic carbocycles. The lowest BCUT2D eigenvalue weighted by Crippen LogP contribution is -2.18. The molecule has 1 N–H and O–H groups in total. The predicted molar refractivity (Wildman–Crippen MR) is 76.2 cm³/mol. The van der Waals surface area contributed by atoms with E-state index in [4.69, 9.17) is 9.47 Å². The highest BCUT2D eigenvalue weighted by molar-refractivity contribution is 5.97. The Morgan fingerprint density at radius 3 is 2.80 bits per heavy atom. The number of methoxy groups -OCH3 is 1. The molecule has 0 aliphatic heterocycles. The van der Waals surface area contributed by atoms with Gasteiger partial charge in [0.2, 0.25) is 0 Å². The second-order valence-corrected chi connectivity index (χ2v) is 5.03. The average molecular weight is 276 g/mol. The maximum atomic E-state index is 11.7. The number of benzene rings is 1. The van der Waals surface area contributed by atoms with Crippen LogP contribution in [0.3, 0.4) is 0 Å². The molecular formula is C16H20O4. The van der Waals surface area contributed by atoms with E-state index in [-0.39, 0.29) is 5.78 Å². The van der Waals surface area contributed by atoms with Crippen LogP contribution in [0.1, 0.15) is 43.5 Å². The van der Waals surface area contributed by atoms with Crippen molar-refractivity contribution in [2.45, 2.75) is 39.2 Å². The molecule has 0 saturated carbocycles. The van der Waals surface area contributed by atoms with Crippen molar-refractivity contribution in [1.82, 2.24) is 0 Å². The lowest BCUT2D eigenvalue weighted by atomic mass is 9.96. The van der Waals surface area contributed by atoms with Crippen molar-refractivity contribution in [2.75, 3.05) is 7.11 Å². The fraction of sp³-hybridized carbons (Fsp3) is 0.438. The summed E-state index contributed by atoms with van der Waals surface area (Å²) >= 11 is 0. The number of hydrogen-bond donors (Lipinski definition) is 1. The first-order valence-electron chi connectivity index (χ1n) is 6.77. The lowest BCUT2D eigenvalue weighted by molar-refractivity contribution is 0.101. The van der Waals surface area contributed by atoms with Gasteiger partial charge in [-0.1, -0.05) is 0 Å². The Balaban J connectivity index is 2.34. The van der Waals surface area contributed by atoms with Crippen LogP contribution in [0.15, 0.2) is 29.5 Å². The minimum Gasteiger partial charge on any atom is -0.497 e. The van der Waals surface area contributed by atoms with Crippen molar-refractivity contribution in [3.8, 4) is 11.5 Å². The van der Waals surface area contributed by atoms with Gasteiger partial charge in [0.15, 0.2) is 5.78 Å². The molecule has 0 radical (unpaired) electrons.